The Morgan fingerprint density at radius 2 is 1.95 bits per heavy atom. The Balaban J connectivity index is 1.70. The van der Waals surface area contributed by atoms with Gasteiger partial charge < -0.3 is 9.64 Å². The molecular formula is C15H24N4O. The fraction of sp³-hybridized carbons (Fsp3) is 0.733. The molecular weight excluding hydrogens is 252 g/mol. The van der Waals surface area contributed by atoms with Crippen molar-refractivity contribution in [3.05, 3.63) is 18.1 Å². The van der Waals surface area contributed by atoms with Gasteiger partial charge in [-0.2, -0.15) is 0 Å². The quantitative estimate of drug-likeness (QED) is 0.837. The molecule has 1 aromatic heterocycles. The second-order valence-electron chi connectivity index (χ2n) is 6.18. The first-order valence-corrected chi connectivity index (χ1v) is 7.53. The van der Waals surface area contributed by atoms with Gasteiger partial charge in [-0.25, -0.2) is 9.97 Å². The largest absolute Gasteiger partial charge is 0.373 e. The van der Waals surface area contributed by atoms with E-state index in [1.807, 2.05) is 13.8 Å². The summed E-state index contributed by atoms with van der Waals surface area (Å²) in [5.41, 5.74) is 0.968. The summed E-state index contributed by atoms with van der Waals surface area (Å²) in [6, 6.07) is 3.44. The van der Waals surface area contributed by atoms with Gasteiger partial charge in [-0.3, -0.25) is 4.90 Å². The molecule has 5 heteroatoms. The van der Waals surface area contributed by atoms with E-state index in [9.17, 15) is 0 Å². The number of rotatable bonds is 4. The number of ether oxygens (including phenoxy) is 1. The molecule has 2 fully saturated rings. The lowest BCUT2D eigenvalue weighted by Crippen LogP contribution is -2.52. The van der Waals surface area contributed by atoms with Crippen molar-refractivity contribution in [2.75, 3.05) is 25.0 Å². The number of likely N-dealkylation sites (N-methyl/N-ethyl adjacent to an activating group) is 1. The summed E-state index contributed by atoms with van der Waals surface area (Å²) in [7, 11) is 2.25. The zero-order valence-electron chi connectivity index (χ0n) is 12.6. The van der Waals surface area contributed by atoms with E-state index < -0.39 is 0 Å². The van der Waals surface area contributed by atoms with Crippen molar-refractivity contribution in [2.24, 2.45) is 0 Å². The summed E-state index contributed by atoms with van der Waals surface area (Å²) in [6.45, 7) is 6.80. The molecule has 0 spiro atoms. The van der Waals surface area contributed by atoms with Crippen LogP contribution in [0.3, 0.4) is 0 Å². The van der Waals surface area contributed by atoms with Crippen LogP contribution in [0.15, 0.2) is 12.4 Å². The first kappa shape index (κ1) is 13.8. The number of hydrogen-bond acceptors (Lipinski definition) is 5. The summed E-state index contributed by atoms with van der Waals surface area (Å²) in [5.74, 6) is 1.05. The third-order valence-electron chi connectivity index (χ3n) is 4.45. The first-order valence-electron chi connectivity index (χ1n) is 7.53. The van der Waals surface area contributed by atoms with E-state index in [0.717, 1.165) is 24.6 Å². The minimum absolute atomic E-state index is 0.230. The van der Waals surface area contributed by atoms with Gasteiger partial charge in [-0.05, 0) is 33.7 Å². The van der Waals surface area contributed by atoms with Crippen LogP contribution in [0.1, 0.15) is 32.4 Å². The Morgan fingerprint density at radius 1 is 1.25 bits per heavy atom. The topological polar surface area (TPSA) is 41.5 Å². The lowest BCUT2D eigenvalue weighted by molar-refractivity contribution is 0.0635. The predicted octanol–water partition coefficient (Wildman–Crippen LogP) is 1.68. The molecule has 2 saturated heterocycles. The normalized spacial score (nSPS) is 26.5. The Hall–Kier alpha value is -1.20. The number of nitrogens with zero attached hydrogens (tertiary/aromatic N) is 4. The van der Waals surface area contributed by atoms with Gasteiger partial charge >= 0.3 is 0 Å². The molecule has 0 radical (unpaired) electrons. The van der Waals surface area contributed by atoms with Crippen LogP contribution in [0, 0.1) is 0 Å². The number of fused-ring (bicyclic) bond motifs is 2. The van der Waals surface area contributed by atoms with Crippen molar-refractivity contribution in [3.8, 4) is 0 Å². The number of anilines is 1. The highest BCUT2D eigenvalue weighted by Crippen LogP contribution is 2.30. The van der Waals surface area contributed by atoms with Crippen molar-refractivity contribution >= 4 is 5.82 Å². The second kappa shape index (κ2) is 5.66. The zero-order valence-corrected chi connectivity index (χ0v) is 12.6. The van der Waals surface area contributed by atoms with E-state index in [1.165, 1.54) is 12.8 Å². The molecule has 2 bridgehead atoms. The summed E-state index contributed by atoms with van der Waals surface area (Å²) in [6.07, 6.45) is 4.51. The fourth-order valence-electron chi connectivity index (χ4n) is 3.19. The fourth-order valence-corrected chi connectivity index (χ4v) is 3.19. The van der Waals surface area contributed by atoms with Crippen molar-refractivity contribution in [1.82, 2.24) is 14.9 Å². The molecule has 1 aromatic rings. The molecule has 0 N–H and O–H groups in total. The molecule has 3 rings (SSSR count). The molecule has 20 heavy (non-hydrogen) atoms. The van der Waals surface area contributed by atoms with Crippen LogP contribution in [0.2, 0.25) is 0 Å². The standard InChI is InChI=1S/C15H24N4O/c1-11(2)20-9-12-6-15(17-10-16-12)19-7-13-4-5-14(8-19)18(13)3/h6,10-11,13-14H,4-5,7-9H2,1-3H3. The van der Waals surface area contributed by atoms with E-state index in [-0.39, 0.29) is 6.10 Å². The van der Waals surface area contributed by atoms with Gasteiger partial charge in [0.2, 0.25) is 0 Å². The van der Waals surface area contributed by atoms with Gasteiger partial charge in [0.05, 0.1) is 18.4 Å². The molecule has 0 amide bonds. The van der Waals surface area contributed by atoms with E-state index in [4.69, 9.17) is 4.74 Å². The lowest BCUT2D eigenvalue weighted by Gasteiger charge is -2.39. The zero-order chi connectivity index (χ0) is 14.1. The summed E-state index contributed by atoms with van der Waals surface area (Å²) < 4.78 is 5.62. The van der Waals surface area contributed by atoms with Crippen LogP contribution in [0.4, 0.5) is 5.82 Å². The highest BCUT2D eigenvalue weighted by atomic mass is 16.5. The molecule has 0 aliphatic carbocycles. The minimum atomic E-state index is 0.230. The highest BCUT2D eigenvalue weighted by Gasteiger charge is 2.37. The summed E-state index contributed by atoms with van der Waals surface area (Å²) in [5, 5.41) is 0. The van der Waals surface area contributed by atoms with Gasteiger partial charge in [0, 0.05) is 31.2 Å². The van der Waals surface area contributed by atoms with Crippen LogP contribution < -0.4 is 4.90 Å². The van der Waals surface area contributed by atoms with E-state index in [2.05, 4.69) is 32.9 Å². The van der Waals surface area contributed by atoms with E-state index >= 15 is 0 Å². The predicted molar refractivity (Wildman–Crippen MR) is 78.7 cm³/mol. The maximum atomic E-state index is 5.62. The maximum Gasteiger partial charge on any atom is 0.132 e. The average molecular weight is 276 g/mol. The molecule has 0 saturated carbocycles. The SMILES string of the molecule is CC(C)OCc1cc(N2CC3CCC(C2)N3C)ncn1. The highest BCUT2D eigenvalue weighted by molar-refractivity contribution is 5.40. The van der Waals surface area contributed by atoms with Gasteiger partial charge in [0.1, 0.15) is 12.1 Å². The van der Waals surface area contributed by atoms with Crippen molar-refractivity contribution in [2.45, 2.75) is 51.5 Å². The molecule has 5 nitrogen and oxygen atoms in total. The smallest absolute Gasteiger partial charge is 0.132 e. The monoisotopic (exact) mass is 276 g/mol. The number of piperazine rings is 1. The van der Waals surface area contributed by atoms with Crippen LogP contribution in [0.25, 0.3) is 0 Å². The van der Waals surface area contributed by atoms with Crippen molar-refractivity contribution in [1.29, 1.82) is 0 Å². The molecule has 2 unspecified atom stereocenters. The Bertz CT molecular complexity index is 451. The Labute approximate surface area is 121 Å². The lowest BCUT2D eigenvalue weighted by atomic mass is 10.2. The molecule has 2 atom stereocenters. The molecule has 2 aliphatic rings. The van der Waals surface area contributed by atoms with Gasteiger partial charge in [-0.1, -0.05) is 0 Å². The minimum Gasteiger partial charge on any atom is -0.373 e. The van der Waals surface area contributed by atoms with Crippen LogP contribution >= 0.6 is 0 Å². The second-order valence-corrected chi connectivity index (χ2v) is 6.18. The van der Waals surface area contributed by atoms with Crippen LogP contribution in [-0.2, 0) is 11.3 Å². The summed E-state index contributed by atoms with van der Waals surface area (Å²) in [4.78, 5) is 13.7. The van der Waals surface area contributed by atoms with Crippen molar-refractivity contribution in [3.63, 3.8) is 0 Å². The van der Waals surface area contributed by atoms with E-state index in [0.29, 0.717) is 18.7 Å². The molecule has 3 heterocycles. The first-order chi connectivity index (χ1) is 9.63. The number of aromatic nitrogens is 2. The number of hydrogen-bond donors (Lipinski definition) is 0. The molecule has 2 aliphatic heterocycles. The van der Waals surface area contributed by atoms with Gasteiger partial charge in [0.15, 0.2) is 0 Å². The third-order valence-corrected chi connectivity index (χ3v) is 4.45. The van der Waals surface area contributed by atoms with Crippen LogP contribution in [0.5, 0.6) is 0 Å². The van der Waals surface area contributed by atoms with Crippen molar-refractivity contribution < 1.29 is 4.74 Å². The molecule has 110 valence electrons. The van der Waals surface area contributed by atoms with Crippen LogP contribution in [-0.4, -0.2) is 53.2 Å². The van der Waals surface area contributed by atoms with Gasteiger partial charge in [0.25, 0.3) is 0 Å². The summed E-state index contributed by atoms with van der Waals surface area (Å²) >= 11 is 0. The van der Waals surface area contributed by atoms with E-state index in [1.54, 1.807) is 6.33 Å². The van der Waals surface area contributed by atoms with Gasteiger partial charge in [-0.15, -0.1) is 0 Å². The Morgan fingerprint density at radius 3 is 2.60 bits per heavy atom. The average Bonchev–Trinajstić information content (AvgIpc) is 2.67. The maximum absolute atomic E-state index is 5.62. The third kappa shape index (κ3) is 2.79. The molecule has 0 aromatic carbocycles. The Kier molecular flexibility index (Phi) is 3.89.